The number of ether oxygens (including phenoxy) is 1. The normalized spacial score (nSPS) is 11.5. The number of benzene rings is 1. The Balaban J connectivity index is 2.89. The maximum absolute atomic E-state index is 12.2. The van der Waals surface area contributed by atoms with E-state index in [-0.39, 0.29) is 11.5 Å². The Kier molecular flexibility index (Phi) is 5.31. The van der Waals surface area contributed by atoms with Crippen molar-refractivity contribution in [3.05, 3.63) is 24.3 Å². The second-order valence-electron chi connectivity index (χ2n) is 3.82. The Labute approximate surface area is 113 Å². The molecular formula is C12H18N2O4S. The lowest BCUT2D eigenvalue weighted by molar-refractivity contribution is -0.119. The minimum atomic E-state index is -3.46. The molecule has 0 aliphatic carbocycles. The topological polar surface area (TPSA) is 89.7 Å². The summed E-state index contributed by atoms with van der Waals surface area (Å²) in [6.45, 7) is 4.16. The quantitative estimate of drug-likeness (QED) is 0.794. The summed E-state index contributed by atoms with van der Waals surface area (Å²) in [5.74, 6) is -0.183. The van der Waals surface area contributed by atoms with Crippen LogP contribution in [-0.2, 0) is 14.8 Å². The Morgan fingerprint density at radius 1 is 1.21 bits per heavy atom. The predicted molar refractivity (Wildman–Crippen MR) is 71.2 cm³/mol. The van der Waals surface area contributed by atoms with E-state index in [1.54, 1.807) is 13.8 Å². The number of hydrogen-bond donors (Lipinski definition) is 1. The third-order valence-corrected chi connectivity index (χ3v) is 4.61. The van der Waals surface area contributed by atoms with E-state index in [1.807, 2.05) is 0 Å². The van der Waals surface area contributed by atoms with Crippen molar-refractivity contribution in [2.24, 2.45) is 5.73 Å². The van der Waals surface area contributed by atoms with Crippen molar-refractivity contribution >= 4 is 15.9 Å². The Morgan fingerprint density at radius 3 is 2.16 bits per heavy atom. The second kappa shape index (κ2) is 6.53. The summed E-state index contributed by atoms with van der Waals surface area (Å²) in [4.78, 5) is 10.8. The van der Waals surface area contributed by atoms with Gasteiger partial charge in [-0.05, 0) is 24.3 Å². The average molecular weight is 286 g/mol. The zero-order valence-corrected chi connectivity index (χ0v) is 11.8. The van der Waals surface area contributed by atoms with E-state index in [4.69, 9.17) is 10.5 Å². The van der Waals surface area contributed by atoms with Crippen molar-refractivity contribution in [3.63, 3.8) is 0 Å². The highest BCUT2D eigenvalue weighted by Crippen LogP contribution is 2.19. The van der Waals surface area contributed by atoms with Crippen LogP contribution in [0, 0.1) is 0 Å². The van der Waals surface area contributed by atoms with Crippen LogP contribution >= 0.6 is 0 Å². The van der Waals surface area contributed by atoms with Crippen molar-refractivity contribution in [1.82, 2.24) is 4.31 Å². The Morgan fingerprint density at radius 2 is 1.74 bits per heavy atom. The first kappa shape index (κ1) is 15.5. The monoisotopic (exact) mass is 286 g/mol. The molecule has 0 saturated heterocycles. The first-order chi connectivity index (χ1) is 8.91. The zero-order valence-electron chi connectivity index (χ0n) is 11.0. The molecule has 106 valence electrons. The molecular weight excluding hydrogens is 268 g/mol. The van der Waals surface area contributed by atoms with E-state index in [2.05, 4.69) is 0 Å². The maximum atomic E-state index is 12.2. The predicted octanol–water partition coefficient (Wildman–Crippen LogP) is 0.581. The van der Waals surface area contributed by atoms with Gasteiger partial charge in [-0.3, -0.25) is 4.79 Å². The van der Waals surface area contributed by atoms with Gasteiger partial charge in [0.15, 0.2) is 6.61 Å². The van der Waals surface area contributed by atoms with Gasteiger partial charge >= 0.3 is 0 Å². The summed E-state index contributed by atoms with van der Waals surface area (Å²) in [7, 11) is -3.46. The number of carbonyl (C=O) groups excluding carboxylic acids is 1. The van der Waals surface area contributed by atoms with Crippen LogP contribution < -0.4 is 10.5 Å². The molecule has 6 nitrogen and oxygen atoms in total. The number of nitrogens with two attached hydrogens (primary N) is 1. The summed E-state index contributed by atoms with van der Waals surface area (Å²) >= 11 is 0. The molecule has 0 atom stereocenters. The van der Waals surface area contributed by atoms with Crippen LogP contribution in [0.15, 0.2) is 29.2 Å². The van der Waals surface area contributed by atoms with Gasteiger partial charge in [-0.1, -0.05) is 13.8 Å². The highest BCUT2D eigenvalue weighted by molar-refractivity contribution is 7.89. The largest absolute Gasteiger partial charge is 0.484 e. The second-order valence-corrected chi connectivity index (χ2v) is 5.75. The van der Waals surface area contributed by atoms with Crippen LogP contribution in [0.25, 0.3) is 0 Å². The number of nitrogens with zero attached hydrogens (tertiary/aromatic N) is 1. The Hall–Kier alpha value is -1.60. The van der Waals surface area contributed by atoms with Gasteiger partial charge < -0.3 is 10.5 Å². The van der Waals surface area contributed by atoms with Crippen molar-refractivity contribution in [1.29, 1.82) is 0 Å². The number of primary amides is 1. The SMILES string of the molecule is CCN(CC)S(=O)(=O)c1ccc(OCC(N)=O)cc1. The molecule has 7 heteroatoms. The van der Waals surface area contributed by atoms with E-state index in [0.717, 1.165) is 0 Å². The third kappa shape index (κ3) is 3.93. The minimum absolute atomic E-state index is 0.197. The van der Waals surface area contributed by atoms with E-state index in [9.17, 15) is 13.2 Å². The summed E-state index contributed by atoms with van der Waals surface area (Å²) in [6, 6.07) is 5.90. The molecule has 0 bridgehead atoms. The van der Waals surface area contributed by atoms with E-state index < -0.39 is 15.9 Å². The summed E-state index contributed by atoms with van der Waals surface area (Å²) in [5.41, 5.74) is 4.95. The van der Waals surface area contributed by atoms with Gasteiger partial charge in [0.05, 0.1) is 4.90 Å². The van der Waals surface area contributed by atoms with Crippen LogP contribution in [0.1, 0.15) is 13.8 Å². The zero-order chi connectivity index (χ0) is 14.5. The van der Waals surface area contributed by atoms with Gasteiger partial charge in [0, 0.05) is 13.1 Å². The van der Waals surface area contributed by atoms with E-state index >= 15 is 0 Å². The van der Waals surface area contributed by atoms with Gasteiger partial charge in [-0.2, -0.15) is 4.31 Å². The maximum Gasteiger partial charge on any atom is 0.255 e. The molecule has 19 heavy (non-hydrogen) atoms. The number of rotatable bonds is 7. The first-order valence-corrected chi connectivity index (χ1v) is 7.37. The molecule has 0 fully saturated rings. The van der Waals surface area contributed by atoms with Crippen LogP contribution in [0.3, 0.4) is 0 Å². The standard InChI is InChI=1S/C12H18N2O4S/c1-3-14(4-2)19(16,17)11-7-5-10(6-8-11)18-9-12(13)15/h5-8H,3-4,9H2,1-2H3,(H2,13,15). The highest BCUT2D eigenvalue weighted by Gasteiger charge is 2.21. The molecule has 0 radical (unpaired) electrons. The summed E-state index contributed by atoms with van der Waals surface area (Å²) < 4.78 is 30.8. The van der Waals surface area contributed by atoms with Crippen LogP contribution in [-0.4, -0.2) is 38.3 Å². The van der Waals surface area contributed by atoms with Crippen LogP contribution in [0.4, 0.5) is 0 Å². The van der Waals surface area contributed by atoms with Crippen LogP contribution in [0.5, 0.6) is 5.75 Å². The number of sulfonamides is 1. The van der Waals surface area contributed by atoms with Crippen molar-refractivity contribution < 1.29 is 17.9 Å². The van der Waals surface area contributed by atoms with Gasteiger partial charge in [-0.25, -0.2) is 8.42 Å². The Bertz CT molecular complexity index is 521. The van der Waals surface area contributed by atoms with Crippen molar-refractivity contribution in [2.45, 2.75) is 18.7 Å². The van der Waals surface area contributed by atoms with Crippen LogP contribution in [0.2, 0.25) is 0 Å². The fraction of sp³-hybridized carbons (Fsp3) is 0.417. The molecule has 0 heterocycles. The molecule has 0 spiro atoms. The molecule has 0 aromatic heterocycles. The summed E-state index contributed by atoms with van der Waals surface area (Å²) in [6.07, 6.45) is 0. The molecule has 1 amide bonds. The molecule has 0 aliphatic rings. The van der Waals surface area contributed by atoms with Gasteiger partial charge in [-0.15, -0.1) is 0 Å². The van der Waals surface area contributed by atoms with Gasteiger partial charge in [0.2, 0.25) is 10.0 Å². The lowest BCUT2D eigenvalue weighted by atomic mass is 10.3. The highest BCUT2D eigenvalue weighted by atomic mass is 32.2. The van der Waals surface area contributed by atoms with Crippen molar-refractivity contribution in [2.75, 3.05) is 19.7 Å². The molecule has 0 saturated carbocycles. The van der Waals surface area contributed by atoms with E-state index in [0.29, 0.717) is 18.8 Å². The molecule has 0 unspecified atom stereocenters. The van der Waals surface area contributed by atoms with Gasteiger partial charge in [0.25, 0.3) is 5.91 Å². The van der Waals surface area contributed by atoms with Gasteiger partial charge in [0.1, 0.15) is 5.75 Å². The number of hydrogen-bond acceptors (Lipinski definition) is 4. The average Bonchev–Trinajstić information content (AvgIpc) is 2.38. The lowest BCUT2D eigenvalue weighted by Gasteiger charge is -2.18. The van der Waals surface area contributed by atoms with Crippen molar-refractivity contribution in [3.8, 4) is 5.75 Å². The lowest BCUT2D eigenvalue weighted by Crippen LogP contribution is -2.30. The minimum Gasteiger partial charge on any atom is -0.484 e. The molecule has 1 aromatic rings. The van der Waals surface area contributed by atoms with E-state index in [1.165, 1.54) is 28.6 Å². The third-order valence-electron chi connectivity index (χ3n) is 2.55. The number of carbonyl (C=O) groups is 1. The molecule has 2 N–H and O–H groups in total. The molecule has 1 rings (SSSR count). The smallest absolute Gasteiger partial charge is 0.255 e. The fourth-order valence-electron chi connectivity index (χ4n) is 1.57. The molecule has 0 aliphatic heterocycles. The molecule has 1 aromatic carbocycles. The summed E-state index contributed by atoms with van der Waals surface area (Å²) in [5, 5.41) is 0. The number of amides is 1. The fourth-order valence-corrected chi connectivity index (χ4v) is 3.03. The first-order valence-electron chi connectivity index (χ1n) is 5.93.